The lowest BCUT2D eigenvalue weighted by molar-refractivity contribution is -0.125. The van der Waals surface area contributed by atoms with Crippen molar-refractivity contribution >= 4 is 5.91 Å². The second-order valence-corrected chi connectivity index (χ2v) is 5.19. The Morgan fingerprint density at radius 1 is 1.44 bits per heavy atom. The first-order valence-corrected chi connectivity index (χ1v) is 6.31. The van der Waals surface area contributed by atoms with Gasteiger partial charge in [0, 0.05) is 13.2 Å². The van der Waals surface area contributed by atoms with E-state index in [0.29, 0.717) is 13.2 Å². The lowest BCUT2D eigenvalue weighted by Crippen LogP contribution is -2.42. The van der Waals surface area contributed by atoms with E-state index < -0.39 is 0 Å². The van der Waals surface area contributed by atoms with Crippen molar-refractivity contribution in [2.75, 3.05) is 26.3 Å². The summed E-state index contributed by atoms with van der Waals surface area (Å²) in [6, 6.07) is 0. The molecule has 1 amide bonds. The molecule has 1 saturated heterocycles. The van der Waals surface area contributed by atoms with Crippen molar-refractivity contribution in [1.29, 1.82) is 0 Å². The van der Waals surface area contributed by atoms with Gasteiger partial charge < -0.3 is 15.8 Å². The van der Waals surface area contributed by atoms with E-state index in [1.807, 2.05) is 0 Å². The predicted molar refractivity (Wildman–Crippen MR) is 61.9 cm³/mol. The summed E-state index contributed by atoms with van der Waals surface area (Å²) in [4.78, 5) is 11.8. The Morgan fingerprint density at radius 2 is 2.19 bits per heavy atom. The molecule has 0 aromatic carbocycles. The number of rotatable bonds is 4. The molecule has 1 aliphatic carbocycles. The first kappa shape index (κ1) is 11.9. The topological polar surface area (TPSA) is 64.3 Å². The summed E-state index contributed by atoms with van der Waals surface area (Å²) >= 11 is 0. The van der Waals surface area contributed by atoms with Gasteiger partial charge in [-0.3, -0.25) is 4.79 Å². The zero-order valence-corrected chi connectivity index (χ0v) is 9.84. The number of hydrogen-bond acceptors (Lipinski definition) is 3. The number of carbonyl (C=O) groups excluding carboxylic acids is 1. The SMILES string of the molecule is NCC1(CNC(=O)C2CCOC2)CCCC1. The van der Waals surface area contributed by atoms with Gasteiger partial charge >= 0.3 is 0 Å². The lowest BCUT2D eigenvalue weighted by atomic mass is 9.86. The predicted octanol–water partition coefficient (Wildman–Crippen LogP) is 0.658. The minimum Gasteiger partial charge on any atom is -0.381 e. The fourth-order valence-corrected chi connectivity index (χ4v) is 2.74. The van der Waals surface area contributed by atoms with Crippen molar-refractivity contribution in [2.24, 2.45) is 17.1 Å². The third-order valence-corrected chi connectivity index (χ3v) is 4.04. The molecule has 1 heterocycles. The van der Waals surface area contributed by atoms with Crippen LogP contribution in [0.3, 0.4) is 0 Å². The maximum atomic E-state index is 11.8. The smallest absolute Gasteiger partial charge is 0.225 e. The van der Waals surface area contributed by atoms with Crippen molar-refractivity contribution in [3.63, 3.8) is 0 Å². The third-order valence-electron chi connectivity index (χ3n) is 4.04. The van der Waals surface area contributed by atoms with Gasteiger partial charge in [-0.05, 0) is 31.2 Å². The number of ether oxygens (including phenoxy) is 1. The van der Waals surface area contributed by atoms with E-state index in [0.717, 1.165) is 32.4 Å². The van der Waals surface area contributed by atoms with Gasteiger partial charge in [-0.15, -0.1) is 0 Å². The largest absolute Gasteiger partial charge is 0.381 e. The molecule has 0 aromatic rings. The van der Waals surface area contributed by atoms with Crippen LogP contribution in [0.4, 0.5) is 0 Å². The number of nitrogens with two attached hydrogens (primary N) is 1. The van der Waals surface area contributed by atoms with Gasteiger partial charge in [0.2, 0.25) is 5.91 Å². The minimum atomic E-state index is 0.0660. The molecule has 1 saturated carbocycles. The van der Waals surface area contributed by atoms with Crippen LogP contribution in [-0.2, 0) is 9.53 Å². The molecule has 2 fully saturated rings. The van der Waals surface area contributed by atoms with Crippen molar-refractivity contribution in [1.82, 2.24) is 5.32 Å². The maximum absolute atomic E-state index is 11.8. The molecule has 0 spiro atoms. The van der Waals surface area contributed by atoms with Gasteiger partial charge in [0.25, 0.3) is 0 Å². The van der Waals surface area contributed by atoms with E-state index in [4.69, 9.17) is 10.5 Å². The molecule has 1 unspecified atom stereocenters. The van der Waals surface area contributed by atoms with Crippen LogP contribution in [0.1, 0.15) is 32.1 Å². The highest BCUT2D eigenvalue weighted by Crippen LogP contribution is 2.36. The van der Waals surface area contributed by atoms with Crippen molar-refractivity contribution in [3.05, 3.63) is 0 Å². The molecule has 2 aliphatic rings. The van der Waals surface area contributed by atoms with Gasteiger partial charge in [-0.1, -0.05) is 12.8 Å². The molecule has 92 valence electrons. The number of amides is 1. The Morgan fingerprint density at radius 3 is 2.75 bits per heavy atom. The highest BCUT2D eigenvalue weighted by atomic mass is 16.5. The summed E-state index contributed by atoms with van der Waals surface area (Å²) in [6.45, 7) is 2.74. The summed E-state index contributed by atoms with van der Waals surface area (Å²) in [5.41, 5.74) is 6.01. The van der Waals surface area contributed by atoms with E-state index >= 15 is 0 Å². The first-order valence-electron chi connectivity index (χ1n) is 6.31. The molecule has 2 rings (SSSR count). The molecule has 3 N–H and O–H groups in total. The summed E-state index contributed by atoms with van der Waals surface area (Å²) in [5, 5.41) is 3.06. The Balaban J connectivity index is 1.79. The highest BCUT2D eigenvalue weighted by molar-refractivity contribution is 5.79. The van der Waals surface area contributed by atoms with Gasteiger partial charge in [0.1, 0.15) is 0 Å². The van der Waals surface area contributed by atoms with Crippen LogP contribution in [0.5, 0.6) is 0 Å². The number of hydrogen-bond donors (Lipinski definition) is 2. The molecular weight excluding hydrogens is 204 g/mol. The highest BCUT2D eigenvalue weighted by Gasteiger charge is 2.33. The van der Waals surface area contributed by atoms with E-state index in [1.165, 1.54) is 12.8 Å². The molecule has 0 bridgehead atoms. The van der Waals surface area contributed by atoms with Gasteiger partial charge in [0.15, 0.2) is 0 Å². The summed E-state index contributed by atoms with van der Waals surface area (Å²) in [6.07, 6.45) is 5.68. The molecule has 1 aliphatic heterocycles. The molecule has 1 atom stereocenters. The normalized spacial score (nSPS) is 28.2. The van der Waals surface area contributed by atoms with Crippen LogP contribution in [0, 0.1) is 11.3 Å². The number of carbonyl (C=O) groups is 1. The fraction of sp³-hybridized carbons (Fsp3) is 0.917. The average molecular weight is 226 g/mol. The van der Waals surface area contributed by atoms with Gasteiger partial charge in [0.05, 0.1) is 12.5 Å². The number of nitrogens with one attached hydrogen (secondary N) is 1. The summed E-state index contributed by atoms with van der Waals surface area (Å²) < 4.78 is 5.22. The quantitative estimate of drug-likeness (QED) is 0.740. The fourth-order valence-electron chi connectivity index (χ4n) is 2.74. The monoisotopic (exact) mass is 226 g/mol. The second kappa shape index (κ2) is 5.15. The zero-order chi connectivity index (χ0) is 11.4. The van der Waals surface area contributed by atoms with Crippen LogP contribution in [0.25, 0.3) is 0 Å². The van der Waals surface area contributed by atoms with Crippen molar-refractivity contribution in [2.45, 2.75) is 32.1 Å². The van der Waals surface area contributed by atoms with E-state index in [1.54, 1.807) is 0 Å². The minimum absolute atomic E-state index is 0.0660. The molecule has 0 aromatic heterocycles. The Hall–Kier alpha value is -0.610. The van der Waals surface area contributed by atoms with Crippen LogP contribution in [0.15, 0.2) is 0 Å². The zero-order valence-electron chi connectivity index (χ0n) is 9.84. The Kier molecular flexibility index (Phi) is 3.82. The van der Waals surface area contributed by atoms with Crippen molar-refractivity contribution < 1.29 is 9.53 Å². The van der Waals surface area contributed by atoms with Crippen LogP contribution >= 0.6 is 0 Å². The van der Waals surface area contributed by atoms with Crippen LogP contribution in [0.2, 0.25) is 0 Å². The standard InChI is InChI=1S/C12H22N2O2/c13-8-12(4-1-2-5-12)9-14-11(15)10-3-6-16-7-10/h10H,1-9,13H2,(H,14,15). The molecule has 0 radical (unpaired) electrons. The Labute approximate surface area is 96.9 Å². The van der Waals surface area contributed by atoms with E-state index in [2.05, 4.69) is 5.32 Å². The maximum Gasteiger partial charge on any atom is 0.225 e. The average Bonchev–Trinajstić information content (AvgIpc) is 2.98. The second-order valence-electron chi connectivity index (χ2n) is 5.19. The summed E-state index contributed by atoms with van der Waals surface area (Å²) in [7, 11) is 0. The summed E-state index contributed by atoms with van der Waals surface area (Å²) in [5.74, 6) is 0.216. The van der Waals surface area contributed by atoms with Gasteiger partial charge in [-0.25, -0.2) is 0 Å². The first-order chi connectivity index (χ1) is 7.76. The van der Waals surface area contributed by atoms with Crippen LogP contribution in [-0.4, -0.2) is 32.2 Å². The third kappa shape index (κ3) is 2.55. The Bertz CT molecular complexity index is 243. The van der Waals surface area contributed by atoms with Crippen LogP contribution < -0.4 is 11.1 Å². The molecular formula is C12H22N2O2. The van der Waals surface area contributed by atoms with Gasteiger partial charge in [-0.2, -0.15) is 0 Å². The molecule has 4 nitrogen and oxygen atoms in total. The lowest BCUT2D eigenvalue weighted by Gasteiger charge is -2.27. The van der Waals surface area contributed by atoms with E-state index in [-0.39, 0.29) is 17.2 Å². The molecule has 16 heavy (non-hydrogen) atoms. The molecule has 4 heteroatoms. The van der Waals surface area contributed by atoms with E-state index in [9.17, 15) is 4.79 Å². The van der Waals surface area contributed by atoms with Crippen molar-refractivity contribution in [3.8, 4) is 0 Å².